The van der Waals surface area contributed by atoms with Crippen LogP contribution in [0, 0.1) is 27.7 Å². The highest BCUT2D eigenvalue weighted by Gasteiger charge is 2.16. The van der Waals surface area contributed by atoms with Gasteiger partial charge in [-0.25, -0.2) is 0 Å². The average Bonchev–Trinajstić information content (AvgIpc) is 2.09. The zero-order chi connectivity index (χ0) is 10.9. The van der Waals surface area contributed by atoms with Gasteiger partial charge in [0.2, 0.25) is 0 Å². The van der Waals surface area contributed by atoms with Gasteiger partial charge in [0.15, 0.2) is 0 Å². The van der Waals surface area contributed by atoms with Gasteiger partial charge in [-0.2, -0.15) is 0 Å². The van der Waals surface area contributed by atoms with Crippen molar-refractivity contribution in [3.8, 4) is 5.75 Å². The monoisotopic (exact) mass is 194 g/mol. The lowest BCUT2D eigenvalue weighted by molar-refractivity contribution is 0.286. The second kappa shape index (κ2) is 4.03. The van der Waals surface area contributed by atoms with E-state index < -0.39 is 7.32 Å². The largest absolute Gasteiger partial charge is 0.707 e. The fourth-order valence-electron chi connectivity index (χ4n) is 1.46. The molecule has 0 atom stereocenters. The first-order valence-electron chi connectivity index (χ1n) is 4.53. The van der Waals surface area contributed by atoms with Crippen molar-refractivity contribution < 1.29 is 14.7 Å². The summed E-state index contributed by atoms with van der Waals surface area (Å²) in [6.45, 7) is 7.75. The Bertz CT molecular complexity index is 321. The zero-order valence-corrected chi connectivity index (χ0v) is 8.96. The molecule has 76 valence electrons. The lowest BCUT2D eigenvalue weighted by atomic mass is 9.99. The third-order valence-electron chi connectivity index (χ3n) is 2.52. The van der Waals surface area contributed by atoms with E-state index in [0.29, 0.717) is 5.75 Å². The van der Waals surface area contributed by atoms with Crippen molar-refractivity contribution in [2.24, 2.45) is 0 Å². The highest BCUT2D eigenvalue weighted by atomic mass is 16.6. The van der Waals surface area contributed by atoms with Crippen LogP contribution in [0.4, 0.5) is 0 Å². The Morgan fingerprint density at radius 3 is 1.79 bits per heavy atom. The molecule has 0 heterocycles. The fraction of sp³-hybridized carbons (Fsp3) is 0.400. The van der Waals surface area contributed by atoms with Crippen molar-refractivity contribution in [2.45, 2.75) is 27.7 Å². The standard InChI is InChI=1S/C10H15BO3/c1-6-5-7(2)9(4)10(8(6)3)14-11(12)13/h5,12-13H,1-4H3. The molecule has 1 aromatic carbocycles. The molecule has 14 heavy (non-hydrogen) atoms. The molecular weight excluding hydrogens is 179 g/mol. The molecule has 0 radical (unpaired) electrons. The normalized spacial score (nSPS) is 10.1. The molecule has 0 aliphatic heterocycles. The second-order valence-corrected chi connectivity index (χ2v) is 3.53. The summed E-state index contributed by atoms with van der Waals surface area (Å²) >= 11 is 0. The SMILES string of the molecule is Cc1cc(C)c(C)c(OB(O)O)c1C. The molecule has 0 aromatic heterocycles. The summed E-state index contributed by atoms with van der Waals surface area (Å²) in [5.41, 5.74) is 4.06. The van der Waals surface area contributed by atoms with Crippen molar-refractivity contribution in [1.29, 1.82) is 0 Å². The number of hydrogen-bond donors (Lipinski definition) is 2. The first-order chi connectivity index (χ1) is 6.43. The molecule has 0 unspecified atom stereocenters. The Kier molecular flexibility index (Phi) is 3.19. The van der Waals surface area contributed by atoms with Crippen LogP contribution in [0.2, 0.25) is 0 Å². The van der Waals surface area contributed by atoms with Crippen molar-refractivity contribution in [2.75, 3.05) is 0 Å². The molecule has 4 heteroatoms. The lowest BCUT2D eigenvalue weighted by Crippen LogP contribution is -2.22. The van der Waals surface area contributed by atoms with E-state index in [9.17, 15) is 0 Å². The first-order valence-corrected chi connectivity index (χ1v) is 4.53. The summed E-state index contributed by atoms with van der Waals surface area (Å²) in [5, 5.41) is 17.5. The van der Waals surface area contributed by atoms with E-state index in [2.05, 4.69) is 6.07 Å². The summed E-state index contributed by atoms with van der Waals surface area (Å²) in [6.07, 6.45) is 0. The van der Waals surface area contributed by atoms with Gasteiger partial charge >= 0.3 is 7.32 Å². The molecule has 2 N–H and O–H groups in total. The zero-order valence-electron chi connectivity index (χ0n) is 8.96. The fourth-order valence-corrected chi connectivity index (χ4v) is 1.46. The van der Waals surface area contributed by atoms with Crippen LogP contribution in [0.5, 0.6) is 5.75 Å². The van der Waals surface area contributed by atoms with Crippen molar-refractivity contribution in [3.05, 3.63) is 28.3 Å². The van der Waals surface area contributed by atoms with E-state index in [1.54, 1.807) is 0 Å². The summed E-state index contributed by atoms with van der Waals surface area (Å²) < 4.78 is 4.95. The Morgan fingerprint density at radius 2 is 1.43 bits per heavy atom. The van der Waals surface area contributed by atoms with Gasteiger partial charge in [0.25, 0.3) is 0 Å². The third-order valence-corrected chi connectivity index (χ3v) is 2.52. The maximum Gasteiger partial charge on any atom is 0.707 e. The lowest BCUT2D eigenvalue weighted by Gasteiger charge is -2.15. The van der Waals surface area contributed by atoms with Gasteiger partial charge in [-0.1, -0.05) is 6.07 Å². The van der Waals surface area contributed by atoms with Crippen LogP contribution < -0.4 is 4.65 Å². The topological polar surface area (TPSA) is 49.7 Å². The highest BCUT2D eigenvalue weighted by molar-refractivity contribution is 6.33. The maximum absolute atomic E-state index is 8.77. The van der Waals surface area contributed by atoms with Gasteiger partial charge in [0, 0.05) is 0 Å². The van der Waals surface area contributed by atoms with Crippen molar-refractivity contribution in [3.63, 3.8) is 0 Å². The van der Waals surface area contributed by atoms with Crippen LogP contribution >= 0.6 is 0 Å². The quantitative estimate of drug-likeness (QED) is 0.697. The third kappa shape index (κ3) is 2.08. The van der Waals surface area contributed by atoms with Gasteiger partial charge < -0.3 is 14.7 Å². The van der Waals surface area contributed by atoms with Gasteiger partial charge in [0.1, 0.15) is 5.75 Å². The van der Waals surface area contributed by atoms with E-state index in [0.717, 1.165) is 22.3 Å². The molecule has 0 saturated heterocycles. The Labute approximate surface area is 84.5 Å². The van der Waals surface area contributed by atoms with Gasteiger partial charge in [0.05, 0.1) is 0 Å². The second-order valence-electron chi connectivity index (χ2n) is 3.53. The molecule has 1 aromatic rings. The van der Waals surface area contributed by atoms with Crippen LogP contribution in [-0.4, -0.2) is 17.4 Å². The van der Waals surface area contributed by atoms with Crippen molar-refractivity contribution in [1.82, 2.24) is 0 Å². The predicted octanol–water partition coefficient (Wildman–Crippen LogP) is 1.27. The van der Waals surface area contributed by atoms with E-state index in [1.165, 1.54) is 0 Å². The molecule has 0 amide bonds. The molecule has 0 bridgehead atoms. The molecule has 0 spiro atoms. The number of aryl methyl sites for hydroxylation is 2. The Balaban J connectivity index is 3.25. The van der Waals surface area contributed by atoms with E-state index in [1.807, 2.05) is 27.7 Å². The summed E-state index contributed by atoms with van der Waals surface area (Å²) in [5.74, 6) is 0.567. The number of hydrogen-bond acceptors (Lipinski definition) is 3. The Morgan fingerprint density at radius 1 is 1.00 bits per heavy atom. The number of rotatable bonds is 2. The van der Waals surface area contributed by atoms with E-state index in [4.69, 9.17) is 14.7 Å². The van der Waals surface area contributed by atoms with Crippen molar-refractivity contribution >= 4 is 7.32 Å². The van der Waals surface area contributed by atoms with Crippen LogP contribution in [-0.2, 0) is 0 Å². The van der Waals surface area contributed by atoms with Crippen LogP contribution in [0.1, 0.15) is 22.3 Å². The molecule has 0 aliphatic carbocycles. The van der Waals surface area contributed by atoms with Gasteiger partial charge in [-0.3, -0.25) is 0 Å². The first kappa shape index (κ1) is 11.1. The summed E-state index contributed by atoms with van der Waals surface area (Å²) in [6, 6.07) is 2.06. The van der Waals surface area contributed by atoms with Crippen LogP contribution in [0.25, 0.3) is 0 Å². The maximum atomic E-state index is 8.77. The molecule has 3 nitrogen and oxygen atoms in total. The van der Waals surface area contributed by atoms with Crippen LogP contribution in [0.15, 0.2) is 6.07 Å². The average molecular weight is 194 g/mol. The summed E-state index contributed by atoms with van der Waals surface area (Å²) in [7, 11) is -1.76. The predicted molar refractivity (Wildman–Crippen MR) is 56.2 cm³/mol. The Hall–Kier alpha value is -0.995. The minimum absolute atomic E-state index is 0.567. The van der Waals surface area contributed by atoms with Gasteiger partial charge in [-0.15, -0.1) is 0 Å². The smallest absolute Gasteiger partial charge is 0.512 e. The number of benzene rings is 1. The minimum atomic E-state index is -1.76. The molecular formula is C10H15BO3. The molecule has 0 saturated carbocycles. The highest BCUT2D eigenvalue weighted by Crippen LogP contribution is 2.28. The molecule has 0 fully saturated rings. The van der Waals surface area contributed by atoms with E-state index in [-0.39, 0.29) is 0 Å². The van der Waals surface area contributed by atoms with E-state index >= 15 is 0 Å². The molecule has 0 aliphatic rings. The van der Waals surface area contributed by atoms with Gasteiger partial charge in [-0.05, 0) is 49.9 Å². The van der Waals surface area contributed by atoms with Crippen LogP contribution in [0.3, 0.4) is 0 Å². The molecule has 1 rings (SSSR count). The minimum Gasteiger partial charge on any atom is -0.512 e. The summed E-state index contributed by atoms with van der Waals surface area (Å²) in [4.78, 5) is 0.